The number of rotatable bonds is 5. The van der Waals surface area contributed by atoms with Gasteiger partial charge in [0.2, 0.25) is 5.89 Å². The van der Waals surface area contributed by atoms with Crippen LogP contribution < -0.4 is 5.32 Å². The van der Waals surface area contributed by atoms with E-state index in [1.807, 2.05) is 37.3 Å². The van der Waals surface area contributed by atoms with E-state index in [-0.39, 0.29) is 5.41 Å². The highest BCUT2D eigenvalue weighted by Crippen LogP contribution is 2.43. The van der Waals surface area contributed by atoms with E-state index in [2.05, 4.69) is 21.5 Å². The summed E-state index contributed by atoms with van der Waals surface area (Å²) < 4.78 is 5.08. The zero-order valence-electron chi connectivity index (χ0n) is 12.0. The van der Waals surface area contributed by atoms with E-state index in [0.717, 1.165) is 31.4 Å². The second-order valence-corrected chi connectivity index (χ2v) is 5.60. The van der Waals surface area contributed by atoms with Crippen LogP contribution in [0.4, 0.5) is 0 Å². The third-order valence-corrected chi connectivity index (χ3v) is 4.07. The van der Waals surface area contributed by atoms with Gasteiger partial charge in [-0.05, 0) is 25.3 Å². The van der Waals surface area contributed by atoms with Crippen LogP contribution in [0.5, 0.6) is 0 Å². The first-order valence-corrected chi connectivity index (χ1v) is 7.21. The Balaban J connectivity index is 1.50. The molecule has 108 valence electrons. The number of nitrogens with one attached hydrogen (secondary N) is 1. The standard InChI is InChI=1S/C16H18N4O/c1-12-19-15(21-20-12)7-8-18-14-9-16(10-14,11-17)13-5-3-2-4-6-13/h2-6,14,18H,7-10H2,1H3. The molecule has 1 aliphatic carbocycles. The minimum atomic E-state index is -0.319. The van der Waals surface area contributed by atoms with E-state index in [4.69, 9.17) is 4.52 Å². The zero-order chi connectivity index (χ0) is 14.7. The lowest BCUT2D eigenvalue weighted by Gasteiger charge is -2.43. The van der Waals surface area contributed by atoms with Crippen LogP contribution in [0.1, 0.15) is 30.1 Å². The van der Waals surface area contributed by atoms with Crippen molar-refractivity contribution in [3.63, 3.8) is 0 Å². The zero-order valence-corrected chi connectivity index (χ0v) is 12.0. The molecule has 1 fully saturated rings. The molecule has 0 aliphatic heterocycles. The van der Waals surface area contributed by atoms with E-state index in [9.17, 15) is 5.26 Å². The van der Waals surface area contributed by atoms with Gasteiger partial charge in [-0.25, -0.2) is 0 Å². The molecular formula is C16H18N4O. The summed E-state index contributed by atoms with van der Waals surface area (Å²) in [6.45, 7) is 2.61. The van der Waals surface area contributed by atoms with Crippen LogP contribution >= 0.6 is 0 Å². The first kappa shape index (κ1) is 13.8. The fraction of sp³-hybridized carbons (Fsp3) is 0.438. The number of nitrogens with zero attached hydrogens (tertiary/aromatic N) is 3. The summed E-state index contributed by atoms with van der Waals surface area (Å²) in [4.78, 5) is 4.17. The Hall–Kier alpha value is -2.19. The predicted molar refractivity (Wildman–Crippen MR) is 77.5 cm³/mol. The van der Waals surface area contributed by atoms with Crippen molar-refractivity contribution >= 4 is 0 Å². The number of hydrogen-bond donors (Lipinski definition) is 1. The third-order valence-electron chi connectivity index (χ3n) is 4.07. The van der Waals surface area contributed by atoms with Gasteiger partial charge in [0.05, 0.1) is 11.5 Å². The van der Waals surface area contributed by atoms with Crippen LogP contribution in [0.25, 0.3) is 0 Å². The summed E-state index contributed by atoms with van der Waals surface area (Å²) in [5.41, 5.74) is 0.804. The summed E-state index contributed by atoms with van der Waals surface area (Å²) in [7, 11) is 0. The van der Waals surface area contributed by atoms with Crippen molar-refractivity contribution in [2.45, 2.75) is 37.6 Å². The van der Waals surface area contributed by atoms with E-state index >= 15 is 0 Å². The van der Waals surface area contributed by atoms with Crippen molar-refractivity contribution in [1.82, 2.24) is 15.5 Å². The smallest absolute Gasteiger partial charge is 0.227 e. The maximum Gasteiger partial charge on any atom is 0.227 e. The summed E-state index contributed by atoms with van der Waals surface area (Å²) in [6.07, 6.45) is 2.44. The third kappa shape index (κ3) is 2.81. The van der Waals surface area contributed by atoms with Crippen molar-refractivity contribution < 1.29 is 4.52 Å². The molecule has 21 heavy (non-hydrogen) atoms. The Morgan fingerprint density at radius 3 is 2.76 bits per heavy atom. The number of hydrogen-bond acceptors (Lipinski definition) is 5. The van der Waals surface area contributed by atoms with Crippen LogP contribution in [0, 0.1) is 18.3 Å². The maximum atomic E-state index is 9.50. The van der Waals surface area contributed by atoms with Crippen LogP contribution in [0.15, 0.2) is 34.9 Å². The average molecular weight is 282 g/mol. The fourth-order valence-corrected chi connectivity index (χ4v) is 2.90. The lowest BCUT2D eigenvalue weighted by atomic mass is 9.62. The maximum absolute atomic E-state index is 9.50. The number of benzene rings is 1. The lowest BCUT2D eigenvalue weighted by Crippen LogP contribution is -2.51. The van der Waals surface area contributed by atoms with Gasteiger partial charge in [-0.3, -0.25) is 0 Å². The summed E-state index contributed by atoms with van der Waals surface area (Å²) in [6, 6.07) is 12.9. The largest absolute Gasteiger partial charge is 0.339 e. The molecule has 1 aromatic heterocycles. The summed E-state index contributed by atoms with van der Waals surface area (Å²) >= 11 is 0. The van der Waals surface area contributed by atoms with E-state index in [1.54, 1.807) is 0 Å². The Morgan fingerprint density at radius 1 is 1.38 bits per heavy atom. The number of aromatic nitrogens is 2. The number of aryl methyl sites for hydroxylation is 1. The molecule has 1 saturated carbocycles. The van der Waals surface area contributed by atoms with Gasteiger partial charge in [-0.1, -0.05) is 35.5 Å². The minimum absolute atomic E-state index is 0.319. The molecule has 1 heterocycles. The quantitative estimate of drug-likeness (QED) is 0.909. The molecule has 3 rings (SSSR count). The van der Waals surface area contributed by atoms with Crippen LogP contribution in [0.3, 0.4) is 0 Å². The molecule has 5 heteroatoms. The van der Waals surface area contributed by atoms with Crippen molar-refractivity contribution in [1.29, 1.82) is 5.26 Å². The van der Waals surface area contributed by atoms with Crippen LogP contribution in [-0.2, 0) is 11.8 Å². The molecule has 0 spiro atoms. The Morgan fingerprint density at radius 2 is 2.14 bits per heavy atom. The highest BCUT2D eigenvalue weighted by Gasteiger charge is 2.45. The normalized spacial score (nSPS) is 24.3. The van der Waals surface area contributed by atoms with E-state index in [1.165, 1.54) is 0 Å². The van der Waals surface area contributed by atoms with Crippen LogP contribution in [0.2, 0.25) is 0 Å². The fourth-order valence-electron chi connectivity index (χ4n) is 2.90. The molecule has 0 unspecified atom stereocenters. The van der Waals surface area contributed by atoms with Gasteiger partial charge in [-0.2, -0.15) is 10.2 Å². The van der Waals surface area contributed by atoms with Crippen molar-refractivity contribution in [2.24, 2.45) is 0 Å². The topological polar surface area (TPSA) is 74.7 Å². The average Bonchev–Trinajstić information content (AvgIpc) is 2.88. The van der Waals surface area contributed by atoms with E-state index < -0.39 is 0 Å². The Bertz CT molecular complexity index is 638. The minimum Gasteiger partial charge on any atom is -0.339 e. The van der Waals surface area contributed by atoms with Gasteiger partial charge in [-0.15, -0.1) is 0 Å². The molecule has 0 bridgehead atoms. The second kappa shape index (κ2) is 5.66. The molecule has 0 saturated heterocycles. The van der Waals surface area contributed by atoms with Gasteiger partial charge in [0.1, 0.15) is 0 Å². The molecule has 5 nitrogen and oxygen atoms in total. The first-order valence-electron chi connectivity index (χ1n) is 7.21. The highest BCUT2D eigenvalue weighted by molar-refractivity contribution is 5.36. The van der Waals surface area contributed by atoms with Crippen molar-refractivity contribution in [3.8, 4) is 6.07 Å². The molecule has 0 radical (unpaired) electrons. The summed E-state index contributed by atoms with van der Waals surface area (Å²) in [5, 5.41) is 16.7. The van der Waals surface area contributed by atoms with Gasteiger partial charge in [0, 0.05) is 19.0 Å². The van der Waals surface area contributed by atoms with Crippen molar-refractivity contribution in [3.05, 3.63) is 47.6 Å². The van der Waals surface area contributed by atoms with Crippen LogP contribution in [-0.4, -0.2) is 22.7 Å². The predicted octanol–water partition coefficient (Wildman–Crippen LogP) is 2.13. The van der Waals surface area contributed by atoms with Gasteiger partial charge >= 0.3 is 0 Å². The first-order chi connectivity index (χ1) is 10.2. The Kier molecular flexibility index (Phi) is 3.72. The van der Waals surface area contributed by atoms with Gasteiger partial charge in [0.25, 0.3) is 0 Å². The van der Waals surface area contributed by atoms with Crippen molar-refractivity contribution in [2.75, 3.05) is 6.54 Å². The highest BCUT2D eigenvalue weighted by atomic mass is 16.5. The molecule has 1 aromatic carbocycles. The van der Waals surface area contributed by atoms with Gasteiger partial charge in [0.15, 0.2) is 5.82 Å². The second-order valence-electron chi connectivity index (χ2n) is 5.60. The monoisotopic (exact) mass is 282 g/mol. The molecule has 0 atom stereocenters. The SMILES string of the molecule is Cc1noc(CCNC2CC(C#N)(c3ccccc3)C2)n1. The Labute approximate surface area is 124 Å². The lowest BCUT2D eigenvalue weighted by molar-refractivity contribution is 0.226. The summed E-state index contributed by atoms with van der Waals surface area (Å²) in [5.74, 6) is 1.33. The molecule has 0 amide bonds. The number of nitriles is 1. The molecule has 1 aliphatic rings. The molecular weight excluding hydrogens is 264 g/mol. The molecule has 2 aromatic rings. The van der Waals surface area contributed by atoms with E-state index in [0.29, 0.717) is 17.8 Å². The molecule has 1 N–H and O–H groups in total. The van der Waals surface area contributed by atoms with Gasteiger partial charge < -0.3 is 9.84 Å².